The van der Waals surface area contributed by atoms with Crippen LogP contribution in [0, 0.1) is 17.5 Å². The molecule has 0 bridgehead atoms. The molecular weight excluding hydrogens is 283 g/mol. The van der Waals surface area contributed by atoms with Gasteiger partial charge in [-0.25, -0.2) is 13.2 Å². The molecule has 0 atom stereocenters. The lowest BCUT2D eigenvalue weighted by atomic mass is 10.2. The smallest absolute Gasteiger partial charge is 0.140 e. The molecule has 0 aromatic heterocycles. The van der Waals surface area contributed by atoms with E-state index < -0.39 is 17.5 Å². The second-order valence-electron chi connectivity index (χ2n) is 4.20. The lowest BCUT2D eigenvalue weighted by Crippen LogP contribution is -2.12. The maximum atomic E-state index is 13.9. The molecule has 0 aliphatic carbocycles. The van der Waals surface area contributed by atoms with Crippen LogP contribution in [0.3, 0.4) is 0 Å². The van der Waals surface area contributed by atoms with Crippen LogP contribution in [0.15, 0.2) is 46.2 Å². The summed E-state index contributed by atoms with van der Waals surface area (Å²) in [4.78, 5) is 0.0140. The Balaban J connectivity index is 2.27. The number of hydrogen-bond donors (Lipinski definition) is 1. The maximum Gasteiger partial charge on any atom is 0.140 e. The summed E-state index contributed by atoms with van der Waals surface area (Å²) in [5.74, 6) is -1.84. The summed E-state index contributed by atoms with van der Waals surface area (Å²) >= 11 is 0.755. The molecule has 0 spiro atoms. The molecule has 0 saturated carbocycles. The van der Waals surface area contributed by atoms with Gasteiger partial charge in [0, 0.05) is 11.4 Å². The quantitative estimate of drug-likeness (QED) is 0.880. The number of hydrogen-bond acceptors (Lipinski definition) is 2. The van der Waals surface area contributed by atoms with E-state index >= 15 is 0 Å². The maximum absolute atomic E-state index is 13.9. The largest absolute Gasteiger partial charge is 0.313 e. The topological polar surface area (TPSA) is 12.0 Å². The summed E-state index contributed by atoms with van der Waals surface area (Å²) in [6, 6.07) is 8.46. The van der Waals surface area contributed by atoms with Gasteiger partial charge >= 0.3 is 0 Å². The third-order valence-electron chi connectivity index (χ3n) is 2.69. The molecule has 1 nitrogen and oxygen atoms in total. The van der Waals surface area contributed by atoms with Gasteiger partial charge in [0.15, 0.2) is 0 Å². The Kier molecular flexibility index (Phi) is 5.09. The van der Waals surface area contributed by atoms with E-state index in [0.29, 0.717) is 12.1 Å². The van der Waals surface area contributed by atoms with Gasteiger partial charge in [0.2, 0.25) is 0 Å². The van der Waals surface area contributed by atoms with Crippen molar-refractivity contribution in [2.45, 2.75) is 23.3 Å². The van der Waals surface area contributed by atoms with Crippen molar-refractivity contribution in [2.24, 2.45) is 0 Å². The van der Waals surface area contributed by atoms with Crippen LogP contribution in [-0.2, 0) is 6.54 Å². The molecule has 0 unspecified atom stereocenters. The van der Waals surface area contributed by atoms with E-state index in [1.165, 1.54) is 30.3 Å². The van der Waals surface area contributed by atoms with Crippen LogP contribution in [0.25, 0.3) is 0 Å². The minimum absolute atomic E-state index is 0.185. The van der Waals surface area contributed by atoms with Crippen LogP contribution < -0.4 is 5.32 Å². The van der Waals surface area contributed by atoms with Crippen molar-refractivity contribution < 1.29 is 13.2 Å². The fourth-order valence-corrected chi connectivity index (χ4v) is 2.56. The monoisotopic (exact) mass is 297 g/mol. The van der Waals surface area contributed by atoms with Crippen molar-refractivity contribution in [1.29, 1.82) is 0 Å². The zero-order valence-corrected chi connectivity index (χ0v) is 11.7. The van der Waals surface area contributed by atoms with Crippen molar-refractivity contribution in [3.8, 4) is 0 Å². The first-order valence-corrected chi connectivity index (χ1v) is 7.04. The van der Waals surface area contributed by atoms with E-state index in [1.54, 1.807) is 6.07 Å². The van der Waals surface area contributed by atoms with Gasteiger partial charge in [0.05, 0.1) is 4.90 Å². The highest BCUT2D eigenvalue weighted by molar-refractivity contribution is 7.99. The fourth-order valence-electron chi connectivity index (χ4n) is 1.72. The molecule has 20 heavy (non-hydrogen) atoms. The summed E-state index contributed by atoms with van der Waals surface area (Å²) in [7, 11) is 0. The lowest BCUT2D eigenvalue weighted by Gasteiger charge is -2.09. The van der Waals surface area contributed by atoms with Crippen LogP contribution in [0.1, 0.15) is 12.5 Å². The average molecular weight is 297 g/mol. The summed E-state index contributed by atoms with van der Waals surface area (Å²) < 4.78 is 41.4. The molecule has 2 aromatic carbocycles. The van der Waals surface area contributed by atoms with Gasteiger partial charge in [-0.2, -0.15) is 0 Å². The Hall–Kier alpha value is -1.46. The molecule has 0 aliphatic heterocycles. The average Bonchev–Trinajstić information content (AvgIpc) is 2.42. The lowest BCUT2D eigenvalue weighted by molar-refractivity contribution is 0.534. The first kappa shape index (κ1) is 14.9. The molecule has 2 aromatic rings. The summed E-state index contributed by atoms with van der Waals surface area (Å²) in [6.45, 7) is 3.03. The molecule has 1 N–H and O–H groups in total. The van der Waals surface area contributed by atoms with Gasteiger partial charge < -0.3 is 5.32 Å². The number of nitrogens with one attached hydrogen (secondary N) is 1. The van der Waals surface area contributed by atoms with E-state index in [0.717, 1.165) is 18.3 Å². The van der Waals surface area contributed by atoms with Crippen molar-refractivity contribution >= 4 is 11.8 Å². The van der Waals surface area contributed by atoms with Gasteiger partial charge in [-0.05, 0) is 36.4 Å². The predicted molar refractivity (Wildman–Crippen MR) is 74.3 cm³/mol. The molecule has 0 amide bonds. The standard InChI is InChI=1S/C15H14F3NS/c1-2-19-9-10-7-12(17)15(13(18)8-10)20-14-6-4-3-5-11(14)16/h3-8,19H,2,9H2,1H3. The van der Waals surface area contributed by atoms with E-state index in [2.05, 4.69) is 5.32 Å². The molecule has 0 saturated heterocycles. The molecule has 0 heterocycles. The van der Waals surface area contributed by atoms with E-state index in [1.807, 2.05) is 6.92 Å². The normalized spacial score (nSPS) is 10.8. The molecule has 2 rings (SSSR count). The summed E-state index contributed by atoms with van der Waals surface area (Å²) in [5, 5.41) is 3.00. The highest BCUT2D eigenvalue weighted by atomic mass is 32.2. The van der Waals surface area contributed by atoms with Gasteiger partial charge in [0.25, 0.3) is 0 Å². The molecule has 0 radical (unpaired) electrons. The van der Waals surface area contributed by atoms with Crippen molar-refractivity contribution in [2.75, 3.05) is 6.54 Å². The fraction of sp³-hybridized carbons (Fsp3) is 0.200. The van der Waals surface area contributed by atoms with Gasteiger partial charge in [-0.15, -0.1) is 0 Å². The first-order chi connectivity index (χ1) is 9.61. The number of benzene rings is 2. The van der Waals surface area contributed by atoms with E-state index in [-0.39, 0.29) is 9.79 Å². The van der Waals surface area contributed by atoms with E-state index in [9.17, 15) is 13.2 Å². The number of halogens is 3. The predicted octanol–water partition coefficient (Wildman–Crippen LogP) is 4.36. The third-order valence-corrected chi connectivity index (χ3v) is 3.83. The van der Waals surface area contributed by atoms with E-state index in [4.69, 9.17) is 0 Å². The highest BCUT2D eigenvalue weighted by Gasteiger charge is 2.14. The summed E-state index contributed by atoms with van der Waals surface area (Å²) in [5.41, 5.74) is 0.528. The van der Waals surface area contributed by atoms with Gasteiger partial charge in [0.1, 0.15) is 17.5 Å². The molecule has 0 fully saturated rings. The van der Waals surface area contributed by atoms with Gasteiger partial charge in [-0.3, -0.25) is 0 Å². The van der Waals surface area contributed by atoms with Crippen LogP contribution in [0.4, 0.5) is 13.2 Å². The van der Waals surface area contributed by atoms with Crippen molar-refractivity contribution in [1.82, 2.24) is 5.32 Å². The molecule has 0 aliphatic rings. The molecular formula is C15H14F3NS. The van der Waals surface area contributed by atoms with Gasteiger partial charge in [-0.1, -0.05) is 30.8 Å². The Morgan fingerprint density at radius 3 is 2.25 bits per heavy atom. The van der Waals surface area contributed by atoms with Crippen molar-refractivity contribution in [3.05, 3.63) is 59.4 Å². The third kappa shape index (κ3) is 3.55. The highest BCUT2D eigenvalue weighted by Crippen LogP contribution is 2.34. The van der Waals surface area contributed by atoms with Crippen molar-refractivity contribution in [3.63, 3.8) is 0 Å². The molecule has 5 heteroatoms. The Morgan fingerprint density at radius 2 is 1.65 bits per heavy atom. The second kappa shape index (κ2) is 6.81. The SMILES string of the molecule is CCNCc1cc(F)c(Sc2ccccc2F)c(F)c1. The van der Waals surface area contributed by atoms with Crippen LogP contribution in [0.5, 0.6) is 0 Å². The Bertz CT molecular complexity index is 578. The minimum atomic E-state index is -0.675. The Labute approximate surface area is 120 Å². The second-order valence-corrected chi connectivity index (χ2v) is 5.25. The van der Waals surface area contributed by atoms with Crippen LogP contribution in [-0.4, -0.2) is 6.54 Å². The van der Waals surface area contributed by atoms with Crippen LogP contribution in [0.2, 0.25) is 0 Å². The summed E-state index contributed by atoms with van der Waals surface area (Å²) in [6.07, 6.45) is 0. The number of rotatable bonds is 5. The Morgan fingerprint density at radius 1 is 1.00 bits per heavy atom. The van der Waals surface area contributed by atoms with Crippen LogP contribution >= 0.6 is 11.8 Å². The first-order valence-electron chi connectivity index (χ1n) is 6.23. The zero-order valence-electron chi connectivity index (χ0n) is 10.9. The zero-order chi connectivity index (χ0) is 14.5. The molecule has 106 valence electrons. The minimum Gasteiger partial charge on any atom is -0.313 e.